The number of carboxylic acids is 1. The summed E-state index contributed by atoms with van der Waals surface area (Å²) in [6, 6.07) is 7.85. The normalized spacial score (nSPS) is 13.2. The minimum absolute atomic E-state index is 0.0285. The third kappa shape index (κ3) is 7.67. The Morgan fingerprint density at radius 2 is 1.76 bits per heavy atom. The minimum atomic E-state index is -1.12. The molecule has 2 unspecified atom stereocenters. The van der Waals surface area contributed by atoms with Crippen molar-refractivity contribution in [3.8, 4) is 0 Å². The van der Waals surface area contributed by atoms with Gasteiger partial charge in [0.1, 0.15) is 0 Å². The topological polar surface area (TPSA) is 110 Å². The van der Waals surface area contributed by atoms with Crippen LogP contribution in [0, 0.1) is 5.92 Å². The van der Waals surface area contributed by atoms with Crippen LogP contribution in [-0.4, -0.2) is 41.9 Å². The Labute approximate surface area is 149 Å². The lowest BCUT2D eigenvalue weighted by molar-refractivity contribution is -0.157. The van der Waals surface area contributed by atoms with E-state index in [2.05, 4.69) is 10.8 Å². The van der Waals surface area contributed by atoms with Gasteiger partial charge in [0, 0.05) is 6.04 Å². The first-order valence-corrected chi connectivity index (χ1v) is 8.73. The maximum Gasteiger partial charge on any atom is 0.320 e. The van der Waals surface area contributed by atoms with Crippen molar-refractivity contribution in [3.63, 3.8) is 0 Å². The molecule has 6 nitrogen and oxygen atoms in total. The van der Waals surface area contributed by atoms with Crippen LogP contribution in [0.1, 0.15) is 43.2 Å². The van der Waals surface area contributed by atoms with Crippen molar-refractivity contribution in [2.45, 2.75) is 51.0 Å². The van der Waals surface area contributed by atoms with E-state index in [-0.39, 0.29) is 12.6 Å². The van der Waals surface area contributed by atoms with Gasteiger partial charge in [-0.25, -0.2) is 0 Å². The molecular formula is C19H29NO5. The molecule has 0 spiro atoms. The quantitative estimate of drug-likeness (QED) is 0.301. The molecule has 0 saturated carbocycles. The van der Waals surface area contributed by atoms with Gasteiger partial charge in [0.2, 0.25) is 0 Å². The smallest absolute Gasteiger partial charge is 0.320 e. The molecule has 0 heterocycles. The van der Waals surface area contributed by atoms with Crippen molar-refractivity contribution in [2.75, 3.05) is 13.7 Å². The highest BCUT2D eigenvalue weighted by atomic mass is 16.5. The number of esters is 1. The van der Waals surface area contributed by atoms with E-state index < -0.39 is 17.9 Å². The molecule has 0 radical (unpaired) electrons. The lowest BCUT2D eigenvalue weighted by atomic mass is 9.96. The molecular weight excluding hydrogens is 322 g/mol. The summed E-state index contributed by atoms with van der Waals surface area (Å²) >= 11 is 0. The molecule has 0 aliphatic carbocycles. The average Bonchev–Trinajstić information content (AvgIpc) is 2.61. The van der Waals surface area contributed by atoms with E-state index >= 15 is 0 Å². The first-order valence-electron chi connectivity index (χ1n) is 8.73. The summed E-state index contributed by atoms with van der Waals surface area (Å²) in [5, 5.41) is 18.1. The number of unbranched alkanes of at least 4 members (excludes halogenated alkanes) is 3. The van der Waals surface area contributed by atoms with Crippen LogP contribution in [0.5, 0.6) is 0 Å². The third-order valence-electron chi connectivity index (χ3n) is 4.31. The SMILES string of the molecule is COC(=O)C(CCCCCCc1ccccc1CC(N)CO)C(=O)O. The van der Waals surface area contributed by atoms with Crippen LogP contribution in [0.2, 0.25) is 0 Å². The number of carbonyl (C=O) groups is 2. The Morgan fingerprint density at radius 3 is 2.36 bits per heavy atom. The number of carbonyl (C=O) groups excluding carboxylic acids is 1. The number of aliphatic hydroxyl groups is 1. The number of aryl methyl sites for hydroxylation is 1. The van der Waals surface area contributed by atoms with Crippen molar-refractivity contribution in [2.24, 2.45) is 11.7 Å². The van der Waals surface area contributed by atoms with Gasteiger partial charge in [-0.2, -0.15) is 0 Å². The van der Waals surface area contributed by atoms with Crippen LogP contribution in [0.4, 0.5) is 0 Å². The van der Waals surface area contributed by atoms with Crippen LogP contribution < -0.4 is 5.73 Å². The maximum absolute atomic E-state index is 11.4. The fourth-order valence-electron chi connectivity index (χ4n) is 2.85. The predicted molar refractivity (Wildman–Crippen MR) is 95.1 cm³/mol. The number of ether oxygens (including phenoxy) is 1. The van der Waals surface area contributed by atoms with Gasteiger partial charge >= 0.3 is 11.9 Å². The van der Waals surface area contributed by atoms with Gasteiger partial charge < -0.3 is 20.7 Å². The van der Waals surface area contributed by atoms with E-state index in [1.54, 1.807) is 0 Å². The van der Waals surface area contributed by atoms with E-state index in [4.69, 9.17) is 15.9 Å². The van der Waals surface area contributed by atoms with E-state index in [1.807, 2.05) is 18.2 Å². The van der Waals surface area contributed by atoms with Gasteiger partial charge in [-0.3, -0.25) is 9.59 Å². The molecule has 0 aromatic heterocycles. The molecule has 1 rings (SSSR count). The van der Waals surface area contributed by atoms with Gasteiger partial charge in [-0.1, -0.05) is 43.5 Å². The van der Waals surface area contributed by atoms with E-state index in [9.17, 15) is 9.59 Å². The van der Waals surface area contributed by atoms with Crippen molar-refractivity contribution in [1.82, 2.24) is 0 Å². The minimum Gasteiger partial charge on any atom is -0.481 e. The highest BCUT2D eigenvalue weighted by molar-refractivity contribution is 5.93. The molecule has 140 valence electrons. The van der Waals surface area contributed by atoms with Crippen LogP contribution in [0.15, 0.2) is 24.3 Å². The largest absolute Gasteiger partial charge is 0.481 e. The van der Waals surface area contributed by atoms with Crippen molar-refractivity contribution >= 4 is 11.9 Å². The number of hydrogen-bond acceptors (Lipinski definition) is 5. The molecule has 2 atom stereocenters. The summed E-state index contributed by atoms with van der Waals surface area (Å²) in [5.74, 6) is -2.87. The summed E-state index contributed by atoms with van der Waals surface area (Å²) < 4.78 is 4.52. The van der Waals surface area contributed by atoms with Gasteiger partial charge in [0.05, 0.1) is 13.7 Å². The third-order valence-corrected chi connectivity index (χ3v) is 4.31. The second kappa shape index (κ2) is 11.6. The van der Waals surface area contributed by atoms with Crippen molar-refractivity contribution in [1.29, 1.82) is 0 Å². The number of methoxy groups -OCH3 is 1. The van der Waals surface area contributed by atoms with Crippen LogP contribution >= 0.6 is 0 Å². The molecule has 25 heavy (non-hydrogen) atoms. The molecule has 6 heteroatoms. The zero-order chi connectivity index (χ0) is 18.7. The first-order chi connectivity index (χ1) is 12.0. The zero-order valence-corrected chi connectivity index (χ0v) is 14.8. The van der Waals surface area contributed by atoms with Crippen molar-refractivity contribution in [3.05, 3.63) is 35.4 Å². The molecule has 0 aliphatic heterocycles. The highest BCUT2D eigenvalue weighted by Gasteiger charge is 2.26. The Kier molecular flexibility index (Phi) is 9.80. The second-order valence-corrected chi connectivity index (χ2v) is 6.28. The number of benzene rings is 1. The zero-order valence-electron chi connectivity index (χ0n) is 14.8. The van der Waals surface area contributed by atoms with Gasteiger partial charge in [0.15, 0.2) is 5.92 Å². The van der Waals surface area contributed by atoms with Gasteiger partial charge in [-0.15, -0.1) is 0 Å². The standard InChI is InChI=1S/C19H29NO5/c1-25-19(24)17(18(22)23)11-5-3-2-4-8-14-9-6-7-10-15(14)12-16(20)13-21/h6-7,9-10,16-17,21H,2-5,8,11-13,20H2,1H3,(H,22,23). The predicted octanol–water partition coefficient (Wildman–Crippen LogP) is 1.92. The Balaban J connectivity index is 2.34. The molecule has 1 aromatic carbocycles. The summed E-state index contributed by atoms with van der Waals surface area (Å²) in [5.41, 5.74) is 8.23. The number of hydrogen-bond donors (Lipinski definition) is 3. The van der Waals surface area contributed by atoms with Crippen LogP contribution in [-0.2, 0) is 27.2 Å². The van der Waals surface area contributed by atoms with Crippen LogP contribution in [0.3, 0.4) is 0 Å². The highest BCUT2D eigenvalue weighted by Crippen LogP contribution is 2.17. The molecule has 4 N–H and O–H groups in total. The Bertz CT molecular complexity index is 546. The van der Waals surface area contributed by atoms with E-state index in [1.165, 1.54) is 18.2 Å². The molecule has 0 fully saturated rings. The van der Waals surface area contributed by atoms with E-state index in [0.717, 1.165) is 25.7 Å². The number of carboxylic acid groups (broad SMARTS) is 1. The fraction of sp³-hybridized carbons (Fsp3) is 0.579. The van der Waals surface area contributed by atoms with Gasteiger partial charge in [-0.05, 0) is 36.8 Å². The first kappa shape index (κ1) is 21.1. The lowest BCUT2D eigenvalue weighted by Crippen LogP contribution is -2.27. The molecule has 1 aromatic rings. The maximum atomic E-state index is 11.4. The number of aliphatic carboxylic acids is 1. The van der Waals surface area contributed by atoms with Crippen molar-refractivity contribution < 1.29 is 24.5 Å². The van der Waals surface area contributed by atoms with Gasteiger partial charge in [0.25, 0.3) is 0 Å². The summed E-state index contributed by atoms with van der Waals surface area (Å²) in [7, 11) is 1.21. The molecule has 0 aliphatic rings. The number of rotatable bonds is 12. The summed E-state index contributed by atoms with van der Waals surface area (Å²) in [6.45, 7) is -0.0285. The number of nitrogens with two attached hydrogens (primary N) is 1. The Hall–Kier alpha value is -1.92. The van der Waals surface area contributed by atoms with Crippen LogP contribution in [0.25, 0.3) is 0 Å². The summed E-state index contributed by atoms with van der Waals surface area (Å²) in [4.78, 5) is 22.4. The lowest BCUT2D eigenvalue weighted by Gasteiger charge is -2.13. The molecule has 0 amide bonds. The molecule has 0 bridgehead atoms. The Morgan fingerprint density at radius 1 is 1.12 bits per heavy atom. The second-order valence-electron chi connectivity index (χ2n) is 6.28. The van der Waals surface area contributed by atoms with E-state index in [0.29, 0.717) is 19.3 Å². The average molecular weight is 351 g/mol. The number of aliphatic hydroxyl groups excluding tert-OH is 1. The molecule has 0 saturated heterocycles. The monoisotopic (exact) mass is 351 g/mol. The summed E-state index contributed by atoms with van der Waals surface area (Å²) in [6.07, 6.45) is 5.40. The fourth-order valence-corrected chi connectivity index (χ4v) is 2.85.